The lowest BCUT2D eigenvalue weighted by Crippen LogP contribution is -2.06. The van der Waals surface area contributed by atoms with Crippen molar-refractivity contribution in [2.24, 2.45) is 10.2 Å². The standard InChI is InChI=1S/C21H27N3O2/c1-2-3-4-5-6-7-16-26-21(25)17-8-12-19(13-9-17)23-24-20-14-10-18(22)11-15-20/h8-15H,2-7,16,22H2,1H3. The number of ether oxygens (including phenoxy) is 1. The highest BCUT2D eigenvalue weighted by molar-refractivity contribution is 5.89. The molecule has 2 N–H and O–H groups in total. The molecule has 26 heavy (non-hydrogen) atoms. The molecule has 0 aromatic heterocycles. The molecule has 2 rings (SSSR count). The quantitative estimate of drug-likeness (QED) is 0.239. The van der Waals surface area contributed by atoms with Gasteiger partial charge in [0, 0.05) is 5.69 Å². The van der Waals surface area contributed by atoms with E-state index in [2.05, 4.69) is 17.2 Å². The zero-order chi connectivity index (χ0) is 18.6. The van der Waals surface area contributed by atoms with Crippen LogP contribution in [0.25, 0.3) is 0 Å². The zero-order valence-electron chi connectivity index (χ0n) is 15.4. The number of nitrogen functional groups attached to an aromatic ring is 1. The number of carbonyl (C=O) groups is 1. The maximum absolute atomic E-state index is 12.0. The van der Waals surface area contributed by atoms with Crippen LogP contribution in [-0.2, 0) is 4.74 Å². The minimum absolute atomic E-state index is 0.291. The van der Waals surface area contributed by atoms with E-state index < -0.39 is 0 Å². The molecule has 0 aliphatic rings. The van der Waals surface area contributed by atoms with Crippen molar-refractivity contribution < 1.29 is 9.53 Å². The highest BCUT2D eigenvalue weighted by atomic mass is 16.5. The second kappa shape index (κ2) is 11.0. The number of carbonyl (C=O) groups excluding carboxylic acids is 1. The van der Waals surface area contributed by atoms with E-state index in [9.17, 15) is 4.79 Å². The third-order valence-corrected chi connectivity index (χ3v) is 4.01. The molecule has 5 nitrogen and oxygen atoms in total. The smallest absolute Gasteiger partial charge is 0.338 e. The van der Waals surface area contributed by atoms with E-state index >= 15 is 0 Å². The molecule has 138 valence electrons. The fourth-order valence-electron chi connectivity index (χ4n) is 2.45. The molecule has 0 saturated heterocycles. The zero-order valence-corrected chi connectivity index (χ0v) is 15.4. The van der Waals surface area contributed by atoms with Crippen LogP contribution in [0.2, 0.25) is 0 Å². The fourth-order valence-corrected chi connectivity index (χ4v) is 2.45. The summed E-state index contributed by atoms with van der Waals surface area (Å²) in [5.41, 5.74) is 8.25. The Morgan fingerprint density at radius 3 is 2.00 bits per heavy atom. The molecule has 0 aliphatic heterocycles. The third kappa shape index (κ3) is 7.05. The Balaban J connectivity index is 1.75. The molecule has 0 amide bonds. The first-order valence-corrected chi connectivity index (χ1v) is 9.23. The van der Waals surface area contributed by atoms with Gasteiger partial charge in [0.25, 0.3) is 0 Å². The van der Waals surface area contributed by atoms with Crippen LogP contribution in [0.5, 0.6) is 0 Å². The maximum atomic E-state index is 12.0. The summed E-state index contributed by atoms with van der Waals surface area (Å²) in [6.45, 7) is 2.68. The summed E-state index contributed by atoms with van der Waals surface area (Å²) < 4.78 is 5.31. The van der Waals surface area contributed by atoms with Gasteiger partial charge >= 0.3 is 5.97 Å². The first-order valence-electron chi connectivity index (χ1n) is 9.23. The Morgan fingerprint density at radius 1 is 0.846 bits per heavy atom. The van der Waals surface area contributed by atoms with E-state index in [1.165, 1.54) is 25.7 Å². The van der Waals surface area contributed by atoms with Gasteiger partial charge in [0.1, 0.15) is 0 Å². The number of esters is 1. The molecule has 0 heterocycles. The average molecular weight is 353 g/mol. The Labute approximate surface area is 155 Å². The minimum atomic E-state index is -0.291. The van der Waals surface area contributed by atoms with Gasteiger partial charge in [-0.05, 0) is 55.0 Å². The number of azo groups is 1. The number of anilines is 1. The third-order valence-electron chi connectivity index (χ3n) is 4.01. The van der Waals surface area contributed by atoms with Crippen molar-refractivity contribution in [2.75, 3.05) is 12.3 Å². The van der Waals surface area contributed by atoms with Gasteiger partial charge in [0.05, 0.1) is 23.5 Å². The minimum Gasteiger partial charge on any atom is -0.462 e. The largest absolute Gasteiger partial charge is 0.462 e. The van der Waals surface area contributed by atoms with Crippen LogP contribution in [-0.4, -0.2) is 12.6 Å². The number of rotatable bonds is 10. The molecule has 0 bridgehead atoms. The Hall–Kier alpha value is -2.69. The Morgan fingerprint density at radius 2 is 1.38 bits per heavy atom. The molecule has 0 unspecified atom stereocenters. The van der Waals surface area contributed by atoms with Gasteiger partial charge in [-0.3, -0.25) is 0 Å². The van der Waals surface area contributed by atoms with Gasteiger partial charge in [-0.25, -0.2) is 4.79 Å². The number of hydrogen-bond acceptors (Lipinski definition) is 5. The van der Waals surface area contributed by atoms with E-state index in [0.29, 0.717) is 23.5 Å². The molecule has 0 saturated carbocycles. The van der Waals surface area contributed by atoms with Crippen LogP contribution in [0.4, 0.5) is 17.1 Å². The molecule has 0 aliphatic carbocycles. The molecule has 0 spiro atoms. The Kier molecular flexibility index (Phi) is 8.33. The van der Waals surface area contributed by atoms with Crippen LogP contribution in [0.3, 0.4) is 0 Å². The van der Waals surface area contributed by atoms with E-state index in [4.69, 9.17) is 10.5 Å². The van der Waals surface area contributed by atoms with E-state index in [-0.39, 0.29) is 5.97 Å². The van der Waals surface area contributed by atoms with Crippen molar-refractivity contribution in [1.29, 1.82) is 0 Å². The molecule has 0 atom stereocenters. The van der Waals surface area contributed by atoms with Crippen LogP contribution in [0.1, 0.15) is 55.8 Å². The molecular weight excluding hydrogens is 326 g/mol. The van der Waals surface area contributed by atoms with Crippen molar-refractivity contribution >= 4 is 23.0 Å². The molecule has 0 fully saturated rings. The van der Waals surface area contributed by atoms with Crippen LogP contribution < -0.4 is 5.73 Å². The highest BCUT2D eigenvalue weighted by Crippen LogP contribution is 2.20. The van der Waals surface area contributed by atoms with Crippen molar-refractivity contribution in [3.8, 4) is 0 Å². The van der Waals surface area contributed by atoms with Crippen molar-refractivity contribution in [2.45, 2.75) is 45.4 Å². The number of unbranched alkanes of at least 4 members (excludes halogenated alkanes) is 5. The number of nitrogens with zero attached hydrogens (tertiary/aromatic N) is 2. The lowest BCUT2D eigenvalue weighted by atomic mass is 10.1. The van der Waals surface area contributed by atoms with E-state index in [0.717, 1.165) is 18.5 Å². The first-order chi connectivity index (χ1) is 12.7. The fraction of sp³-hybridized carbons (Fsp3) is 0.381. The summed E-state index contributed by atoms with van der Waals surface area (Å²) in [5, 5.41) is 8.29. The van der Waals surface area contributed by atoms with Crippen molar-refractivity contribution in [1.82, 2.24) is 0 Å². The predicted molar refractivity (Wildman–Crippen MR) is 105 cm³/mol. The summed E-state index contributed by atoms with van der Waals surface area (Å²) in [6, 6.07) is 14.1. The van der Waals surface area contributed by atoms with Crippen molar-refractivity contribution in [3.05, 3.63) is 54.1 Å². The van der Waals surface area contributed by atoms with Crippen LogP contribution >= 0.6 is 0 Å². The Bertz CT molecular complexity index is 694. The lowest BCUT2D eigenvalue weighted by Gasteiger charge is -2.05. The van der Waals surface area contributed by atoms with E-state index in [1.54, 1.807) is 48.5 Å². The average Bonchev–Trinajstić information content (AvgIpc) is 2.67. The number of nitrogens with two attached hydrogens (primary N) is 1. The summed E-state index contributed by atoms with van der Waals surface area (Å²) in [6.07, 6.45) is 7.02. The summed E-state index contributed by atoms with van der Waals surface area (Å²) in [5.74, 6) is -0.291. The van der Waals surface area contributed by atoms with Gasteiger partial charge < -0.3 is 10.5 Å². The van der Waals surface area contributed by atoms with Crippen molar-refractivity contribution in [3.63, 3.8) is 0 Å². The molecule has 5 heteroatoms. The highest BCUT2D eigenvalue weighted by Gasteiger charge is 2.06. The van der Waals surface area contributed by atoms with Crippen LogP contribution in [0, 0.1) is 0 Å². The molecule has 2 aromatic rings. The van der Waals surface area contributed by atoms with E-state index in [1.807, 2.05) is 0 Å². The summed E-state index contributed by atoms with van der Waals surface area (Å²) in [7, 11) is 0. The monoisotopic (exact) mass is 353 g/mol. The molecule has 0 radical (unpaired) electrons. The SMILES string of the molecule is CCCCCCCCOC(=O)c1ccc(N=Nc2ccc(N)cc2)cc1. The van der Waals surface area contributed by atoms with Crippen LogP contribution in [0.15, 0.2) is 58.8 Å². The molecule has 2 aromatic carbocycles. The summed E-state index contributed by atoms with van der Waals surface area (Å²) >= 11 is 0. The number of hydrogen-bond donors (Lipinski definition) is 1. The second-order valence-electron chi connectivity index (χ2n) is 6.24. The van der Waals surface area contributed by atoms with Gasteiger partial charge in [-0.15, -0.1) is 0 Å². The predicted octanol–water partition coefficient (Wildman–Crippen LogP) is 6.20. The normalized spacial score (nSPS) is 11.0. The second-order valence-corrected chi connectivity index (χ2v) is 6.24. The van der Waals surface area contributed by atoms with Gasteiger partial charge in [-0.1, -0.05) is 39.0 Å². The van der Waals surface area contributed by atoms with Gasteiger partial charge in [0.15, 0.2) is 0 Å². The van der Waals surface area contributed by atoms with Gasteiger partial charge in [0.2, 0.25) is 0 Å². The lowest BCUT2D eigenvalue weighted by molar-refractivity contribution is 0.0497. The first kappa shape index (κ1) is 19.6. The summed E-state index contributed by atoms with van der Waals surface area (Å²) in [4.78, 5) is 12.0. The van der Waals surface area contributed by atoms with Gasteiger partial charge in [-0.2, -0.15) is 10.2 Å². The topological polar surface area (TPSA) is 77.0 Å². The maximum Gasteiger partial charge on any atom is 0.338 e. The molecular formula is C21H27N3O2. The number of benzene rings is 2.